The molecule has 0 unspecified atom stereocenters. The molecular weight excluding hydrogens is 877 g/mol. The Morgan fingerprint density at radius 3 is 2.56 bits per heavy atom. The van der Waals surface area contributed by atoms with Gasteiger partial charge in [-0.25, -0.2) is 4.98 Å². The summed E-state index contributed by atoms with van der Waals surface area (Å²) in [6, 6.07) is 21.1. The lowest BCUT2D eigenvalue weighted by Crippen LogP contribution is -2.63. The van der Waals surface area contributed by atoms with E-state index in [1.165, 1.54) is 24.8 Å². The second kappa shape index (κ2) is 18.6. The number of anilines is 2. The number of hydrogen-bond acceptors (Lipinski definition) is 13. The third-order valence-electron chi connectivity index (χ3n) is 16.1. The number of rotatable bonds is 13. The average Bonchev–Trinajstić information content (AvgIpc) is 4.00. The number of allylic oxidation sites excluding steroid dienone is 1. The van der Waals surface area contributed by atoms with Crippen LogP contribution in [-0.4, -0.2) is 90.7 Å². The van der Waals surface area contributed by atoms with Crippen LogP contribution in [0.5, 0.6) is 23.1 Å². The number of aromatic nitrogens is 1. The largest absolute Gasteiger partial charge is 0.489 e. The van der Waals surface area contributed by atoms with E-state index in [-0.39, 0.29) is 23.7 Å². The molecule has 0 radical (unpaired) electrons. The zero-order chi connectivity index (χ0) is 46.6. The molecule has 1 amide bonds. The maximum Gasteiger partial charge on any atom is 0.265 e. The lowest BCUT2D eigenvalue weighted by Gasteiger charge is -2.57. The highest BCUT2D eigenvalue weighted by molar-refractivity contribution is 7.98. The molecule has 3 saturated heterocycles. The predicted molar refractivity (Wildman–Crippen MR) is 266 cm³/mol. The molecule has 4 aromatic rings. The number of amides is 1. The van der Waals surface area contributed by atoms with E-state index in [2.05, 4.69) is 69.2 Å². The molecule has 1 spiro atoms. The summed E-state index contributed by atoms with van der Waals surface area (Å²) in [5.41, 5.74) is 6.77. The van der Waals surface area contributed by atoms with Crippen molar-refractivity contribution >= 4 is 41.0 Å². The topological polar surface area (TPSA) is 147 Å². The van der Waals surface area contributed by atoms with Crippen LogP contribution in [0, 0.1) is 16.2 Å². The molecule has 5 fully saturated rings. The number of carbonyl (C=O) groups excluding carboxylic acids is 1. The second-order valence-corrected chi connectivity index (χ2v) is 22.0. The molecule has 2 saturated carbocycles. The van der Waals surface area contributed by atoms with Crippen molar-refractivity contribution in [2.75, 3.05) is 56.2 Å². The van der Waals surface area contributed by atoms with Gasteiger partial charge in [-0.15, -0.1) is 4.91 Å². The molecule has 1 aromatic heterocycles. The van der Waals surface area contributed by atoms with E-state index < -0.39 is 5.60 Å². The number of carbonyl (C=O) groups is 1. The summed E-state index contributed by atoms with van der Waals surface area (Å²) in [5, 5.41) is 17.4. The summed E-state index contributed by atoms with van der Waals surface area (Å²) in [6.45, 7) is 12.1. The minimum Gasteiger partial charge on any atom is -0.489 e. The van der Waals surface area contributed by atoms with Gasteiger partial charge in [0.25, 0.3) is 11.8 Å². The van der Waals surface area contributed by atoms with Gasteiger partial charge in [0.05, 0.1) is 36.1 Å². The fourth-order valence-electron chi connectivity index (χ4n) is 12.0. The van der Waals surface area contributed by atoms with Crippen LogP contribution in [0.2, 0.25) is 0 Å². The summed E-state index contributed by atoms with van der Waals surface area (Å²) in [6.07, 6.45) is 14.0. The number of nitroso groups, excluding NO2 is 1. The highest BCUT2D eigenvalue weighted by atomic mass is 32.2. The van der Waals surface area contributed by atoms with Crippen molar-refractivity contribution in [1.82, 2.24) is 14.6 Å². The van der Waals surface area contributed by atoms with E-state index in [1.54, 1.807) is 11.6 Å². The predicted octanol–water partition coefficient (Wildman–Crippen LogP) is 10.5. The van der Waals surface area contributed by atoms with Gasteiger partial charge in [-0.2, -0.15) is 0 Å². The van der Waals surface area contributed by atoms with Crippen molar-refractivity contribution in [2.45, 2.75) is 125 Å². The number of likely N-dealkylation sites (tertiary alicyclic amines) is 1. The summed E-state index contributed by atoms with van der Waals surface area (Å²) in [4.78, 5) is 37.2. The van der Waals surface area contributed by atoms with E-state index in [9.17, 15) is 14.8 Å². The maximum absolute atomic E-state index is 14.3. The van der Waals surface area contributed by atoms with Gasteiger partial charge in [-0.05, 0) is 146 Å². The van der Waals surface area contributed by atoms with Gasteiger partial charge >= 0.3 is 0 Å². The lowest BCUT2D eigenvalue weighted by molar-refractivity contribution is -0.0819. The van der Waals surface area contributed by atoms with Gasteiger partial charge in [-0.1, -0.05) is 56.7 Å². The normalized spacial score (nSPS) is 26.3. The number of ether oxygens (including phenoxy) is 4. The molecule has 68 heavy (non-hydrogen) atoms. The van der Waals surface area contributed by atoms with E-state index in [4.69, 9.17) is 23.9 Å². The molecular formula is C54H64N6O7S. The Labute approximate surface area is 403 Å². The van der Waals surface area contributed by atoms with Crippen molar-refractivity contribution in [3.63, 3.8) is 0 Å². The Morgan fingerprint density at radius 1 is 0.985 bits per heavy atom. The molecule has 11 rings (SSSR count). The van der Waals surface area contributed by atoms with Gasteiger partial charge < -0.3 is 34.3 Å². The molecule has 0 bridgehead atoms. The monoisotopic (exact) mass is 940 g/mol. The molecule has 3 aliphatic carbocycles. The highest BCUT2D eigenvalue weighted by Gasteiger charge is 2.49. The Hall–Kier alpha value is -5.15. The SMILES string of the molecule is CC(C)c1ccccc1[C@H]1CCC[C@H]1N1CC2(CCN(c3ccc(C(=O)NSc4cc(N=O)c5c(c4)OC[C@H](C4CCC(C)(O)CC4)N5)c(Oc4cc5c(nc4OC4COC4)CC=C5)c3)CC2)C1. The fourth-order valence-corrected chi connectivity index (χ4v) is 12.7. The number of nitrogens with zero attached hydrogens (tertiary/aromatic N) is 4. The Balaban J connectivity index is 0.802. The number of aliphatic hydroxyl groups is 1. The minimum atomic E-state index is -0.638. The first-order valence-electron chi connectivity index (χ1n) is 25.0. The summed E-state index contributed by atoms with van der Waals surface area (Å²) in [5.74, 6) is 2.82. The van der Waals surface area contributed by atoms with E-state index in [1.807, 2.05) is 43.3 Å². The number of piperidine rings is 1. The standard InChI is InChI=1S/C54H64N6O7S/c1-33(2)39-9-4-5-10-40(39)41-11-7-13-46(41)60-31-54(32-60)20-22-59(23-21-54)36-14-15-42(47(25-36)67-49-24-35-8-6-12-43(35)56-52(49)66-37-28-64-29-37)51(61)58-68-38-26-44(57-63)50-48(27-38)65-30-45(55-50)34-16-18-53(3,62)19-17-34/h4-6,8-10,14-15,24-27,33-34,37,41,45-46,55,62H,7,11-13,16-23,28-32H2,1-3H3,(H,58,61)/t34?,41-,45-,46-,53?/m1/s1. The van der Waals surface area contributed by atoms with Crippen LogP contribution >= 0.6 is 11.9 Å². The number of nitrogens with one attached hydrogen (secondary N) is 2. The van der Waals surface area contributed by atoms with Crippen LogP contribution in [0.25, 0.3) is 6.08 Å². The zero-order valence-electron chi connectivity index (χ0n) is 39.5. The Kier molecular flexibility index (Phi) is 12.4. The smallest absolute Gasteiger partial charge is 0.265 e. The zero-order valence-corrected chi connectivity index (χ0v) is 40.3. The number of pyridine rings is 1. The quantitative estimate of drug-likeness (QED) is 0.0866. The van der Waals surface area contributed by atoms with E-state index in [0.29, 0.717) is 94.7 Å². The second-order valence-electron chi connectivity index (χ2n) is 21.1. The summed E-state index contributed by atoms with van der Waals surface area (Å²) < 4.78 is 27.7. The van der Waals surface area contributed by atoms with Crippen LogP contribution in [0.1, 0.15) is 123 Å². The van der Waals surface area contributed by atoms with Gasteiger partial charge in [0.15, 0.2) is 5.75 Å². The third kappa shape index (κ3) is 9.09. The fraction of sp³-hybridized carbons (Fsp3) is 0.519. The lowest BCUT2D eigenvalue weighted by atomic mass is 9.70. The van der Waals surface area contributed by atoms with Crippen LogP contribution in [0.3, 0.4) is 0 Å². The van der Waals surface area contributed by atoms with Crippen molar-refractivity contribution in [3.05, 3.63) is 99.6 Å². The van der Waals surface area contributed by atoms with Crippen molar-refractivity contribution in [2.24, 2.45) is 16.5 Å². The number of fused-ring (bicyclic) bond motifs is 2. The van der Waals surface area contributed by atoms with Crippen LogP contribution in [0.4, 0.5) is 17.1 Å². The van der Waals surface area contributed by atoms with Gasteiger partial charge in [0, 0.05) is 55.3 Å². The molecule has 14 heteroatoms. The van der Waals surface area contributed by atoms with Crippen LogP contribution in [-0.2, 0) is 11.2 Å². The Bertz CT molecular complexity index is 2570. The van der Waals surface area contributed by atoms with E-state index >= 15 is 0 Å². The number of benzene rings is 3. The average molecular weight is 941 g/mol. The molecule has 13 nitrogen and oxygen atoms in total. The van der Waals surface area contributed by atoms with Crippen molar-refractivity contribution in [3.8, 4) is 23.1 Å². The van der Waals surface area contributed by atoms with Crippen molar-refractivity contribution < 1.29 is 28.8 Å². The van der Waals surface area contributed by atoms with E-state index in [0.717, 1.165) is 93.6 Å². The maximum atomic E-state index is 14.3. The highest BCUT2D eigenvalue weighted by Crippen LogP contribution is 2.50. The minimum absolute atomic E-state index is 0.00596. The first-order valence-corrected chi connectivity index (χ1v) is 25.8. The molecule has 7 aliphatic rings. The first kappa shape index (κ1) is 45.3. The molecule has 358 valence electrons. The van der Waals surface area contributed by atoms with Gasteiger partial charge in [0.2, 0.25) is 0 Å². The molecule has 4 aliphatic heterocycles. The molecule has 3 atom stereocenters. The molecule has 3 N–H and O–H groups in total. The van der Waals surface area contributed by atoms with Gasteiger partial charge in [-0.3, -0.25) is 14.4 Å². The Morgan fingerprint density at radius 2 is 1.79 bits per heavy atom. The third-order valence-corrected chi connectivity index (χ3v) is 16.8. The van der Waals surface area contributed by atoms with Crippen LogP contribution < -0.4 is 29.1 Å². The molecule has 3 aromatic carbocycles. The summed E-state index contributed by atoms with van der Waals surface area (Å²) in [7, 11) is 0. The van der Waals surface area contributed by atoms with Crippen LogP contribution in [0.15, 0.2) is 76.8 Å². The van der Waals surface area contributed by atoms with Gasteiger partial charge in [0.1, 0.15) is 35.6 Å². The summed E-state index contributed by atoms with van der Waals surface area (Å²) >= 11 is 1.09. The first-order chi connectivity index (χ1) is 33.0. The number of hydrogen-bond donors (Lipinski definition) is 3. The van der Waals surface area contributed by atoms with Crippen molar-refractivity contribution in [1.29, 1.82) is 0 Å². The molecule has 5 heterocycles.